The van der Waals surface area contributed by atoms with Crippen molar-refractivity contribution in [2.75, 3.05) is 0 Å². The van der Waals surface area contributed by atoms with Crippen molar-refractivity contribution in [3.05, 3.63) is 75.8 Å². The first-order valence-electron chi connectivity index (χ1n) is 9.76. The van der Waals surface area contributed by atoms with Gasteiger partial charge < -0.3 is 9.47 Å². The number of ether oxygens (including phenoxy) is 2. The van der Waals surface area contributed by atoms with Crippen molar-refractivity contribution < 1.29 is 19.1 Å². The third-order valence-electron chi connectivity index (χ3n) is 5.82. The fraction of sp³-hybridized carbons (Fsp3) is 0.304. The number of imide groups is 1. The zero-order valence-electron chi connectivity index (χ0n) is 15.7. The Labute approximate surface area is 177 Å². The summed E-state index contributed by atoms with van der Waals surface area (Å²) in [4.78, 5) is 27.2. The predicted octanol–water partition coefficient (Wildman–Crippen LogP) is 4.51. The number of allylic oxidation sites excluding steroid dienone is 2. The van der Waals surface area contributed by atoms with Crippen LogP contribution in [0, 0.1) is 11.8 Å². The summed E-state index contributed by atoms with van der Waals surface area (Å²) >= 11 is 3.53. The van der Waals surface area contributed by atoms with Crippen molar-refractivity contribution in [1.29, 1.82) is 0 Å². The Morgan fingerprint density at radius 3 is 2.38 bits per heavy atom. The lowest BCUT2D eigenvalue weighted by atomic mass is 9.85. The molecule has 0 spiro atoms. The number of amides is 2. The van der Waals surface area contributed by atoms with E-state index in [2.05, 4.69) is 15.9 Å². The van der Waals surface area contributed by atoms with Gasteiger partial charge in [-0.05, 0) is 25.0 Å². The minimum atomic E-state index is -0.514. The van der Waals surface area contributed by atoms with Gasteiger partial charge in [-0.1, -0.05) is 58.4 Å². The van der Waals surface area contributed by atoms with Gasteiger partial charge in [0.25, 0.3) is 0 Å². The van der Waals surface area contributed by atoms with Crippen LogP contribution in [0.15, 0.2) is 59.1 Å². The first kappa shape index (κ1) is 18.6. The van der Waals surface area contributed by atoms with Gasteiger partial charge in [-0.3, -0.25) is 14.5 Å². The molecule has 3 atom stereocenters. The number of rotatable bonds is 3. The van der Waals surface area contributed by atoms with Crippen molar-refractivity contribution in [2.24, 2.45) is 11.8 Å². The maximum absolute atomic E-state index is 12.9. The Bertz CT molecular complexity index is 977. The summed E-state index contributed by atoms with van der Waals surface area (Å²) in [7, 11) is 0. The largest absolute Gasteiger partial charge is 0.460 e. The summed E-state index contributed by atoms with van der Waals surface area (Å²) in [6.45, 7) is 0.617. The van der Waals surface area contributed by atoms with E-state index in [1.54, 1.807) is 0 Å². The number of carbonyl (C=O) groups is 2. The highest BCUT2D eigenvalue weighted by Gasteiger charge is 2.47. The number of nitrogens with zero attached hydrogens (tertiary/aromatic N) is 1. The molecule has 0 aromatic heterocycles. The zero-order valence-corrected chi connectivity index (χ0v) is 17.3. The lowest BCUT2D eigenvalue weighted by Gasteiger charge is -2.29. The highest BCUT2D eigenvalue weighted by Crippen LogP contribution is 2.41. The van der Waals surface area contributed by atoms with Crippen molar-refractivity contribution in [2.45, 2.75) is 32.3 Å². The molecule has 1 saturated heterocycles. The van der Waals surface area contributed by atoms with Crippen LogP contribution in [-0.4, -0.2) is 16.7 Å². The fourth-order valence-electron chi connectivity index (χ4n) is 4.36. The van der Waals surface area contributed by atoms with Crippen LogP contribution in [0.2, 0.25) is 0 Å². The van der Waals surface area contributed by atoms with E-state index >= 15 is 0 Å². The van der Waals surface area contributed by atoms with E-state index in [9.17, 15) is 9.59 Å². The minimum absolute atomic E-state index is 0.0789. The summed E-state index contributed by atoms with van der Waals surface area (Å²) < 4.78 is 13.0. The fourth-order valence-corrected chi connectivity index (χ4v) is 4.92. The van der Waals surface area contributed by atoms with Crippen LogP contribution in [-0.2, 0) is 27.5 Å². The zero-order chi connectivity index (χ0) is 20.0. The molecule has 2 heterocycles. The number of halogens is 1. The van der Waals surface area contributed by atoms with E-state index in [1.165, 1.54) is 4.90 Å². The van der Waals surface area contributed by atoms with Crippen LogP contribution >= 0.6 is 15.9 Å². The number of hydrogen-bond donors (Lipinski definition) is 0. The maximum atomic E-state index is 12.9. The SMILES string of the molecule is O=C1[C@H]2CC=CC[C@H]2C(=O)N1Cc1cc(Br)cc2c1O[C@@H](c1ccccc1)OC2. The Hall–Kier alpha value is -2.44. The van der Waals surface area contributed by atoms with Gasteiger partial charge in [0, 0.05) is 21.2 Å². The number of benzene rings is 2. The summed E-state index contributed by atoms with van der Waals surface area (Å²) in [5.41, 5.74) is 2.64. The van der Waals surface area contributed by atoms with Gasteiger partial charge in [0.05, 0.1) is 25.0 Å². The molecule has 0 saturated carbocycles. The van der Waals surface area contributed by atoms with Crippen molar-refractivity contribution >= 4 is 27.7 Å². The normalized spacial score (nSPS) is 25.6. The van der Waals surface area contributed by atoms with Gasteiger partial charge in [-0.25, -0.2) is 0 Å². The molecule has 1 aliphatic carbocycles. The van der Waals surface area contributed by atoms with E-state index in [4.69, 9.17) is 9.47 Å². The molecule has 2 aromatic rings. The van der Waals surface area contributed by atoms with Crippen LogP contribution in [0.5, 0.6) is 5.75 Å². The second kappa shape index (κ2) is 7.43. The Morgan fingerprint density at radius 1 is 1.00 bits per heavy atom. The lowest BCUT2D eigenvalue weighted by molar-refractivity contribution is -0.140. The number of carbonyl (C=O) groups excluding carboxylic acids is 2. The topological polar surface area (TPSA) is 55.8 Å². The van der Waals surface area contributed by atoms with E-state index < -0.39 is 6.29 Å². The molecule has 0 bridgehead atoms. The average Bonchev–Trinajstić information content (AvgIpc) is 2.99. The summed E-state index contributed by atoms with van der Waals surface area (Å²) in [6, 6.07) is 13.6. The van der Waals surface area contributed by atoms with Gasteiger partial charge in [-0.15, -0.1) is 0 Å². The first-order valence-corrected chi connectivity index (χ1v) is 10.6. The molecular weight excluding hydrogens is 434 g/mol. The third kappa shape index (κ3) is 3.30. The van der Waals surface area contributed by atoms with Crippen LogP contribution in [0.3, 0.4) is 0 Å². The van der Waals surface area contributed by atoms with E-state index in [0.29, 0.717) is 25.2 Å². The van der Waals surface area contributed by atoms with Crippen LogP contribution < -0.4 is 4.74 Å². The van der Waals surface area contributed by atoms with Gasteiger partial charge in [-0.2, -0.15) is 0 Å². The van der Waals surface area contributed by atoms with E-state index in [0.717, 1.165) is 21.2 Å². The maximum Gasteiger partial charge on any atom is 0.233 e. The van der Waals surface area contributed by atoms with Gasteiger partial charge >= 0.3 is 0 Å². The highest BCUT2D eigenvalue weighted by atomic mass is 79.9. The molecular formula is C23H20BrNO4. The second-order valence-electron chi connectivity index (χ2n) is 7.64. The highest BCUT2D eigenvalue weighted by molar-refractivity contribution is 9.10. The molecule has 0 unspecified atom stereocenters. The predicted molar refractivity (Wildman–Crippen MR) is 110 cm³/mol. The summed E-state index contributed by atoms with van der Waals surface area (Å²) in [6.07, 6.45) is 4.77. The van der Waals surface area contributed by atoms with Crippen LogP contribution in [0.4, 0.5) is 0 Å². The Kier molecular flexibility index (Phi) is 4.76. The van der Waals surface area contributed by atoms with Crippen LogP contribution in [0.1, 0.15) is 35.8 Å². The Morgan fingerprint density at radius 2 is 1.69 bits per heavy atom. The monoisotopic (exact) mass is 453 g/mol. The third-order valence-corrected chi connectivity index (χ3v) is 6.28. The average molecular weight is 454 g/mol. The first-order chi connectivity index (χ1) is 14.1. The minimum Gasteiger partial charge on any atom is -0.460 e. The molecule has 2 amide bonds. The molecule has 5 nitrogen and oxygen atoms in total. The number of likely N-dealkylation sites (tertiary alicyclic amines) is 1. The van der Waals surface area contributed by atoms with E-state index in [-0.39, 0.29) is 30.2 Å². The smallest absolute Gasteiger partial charge is 0.233 e. The van der Waals surface area contributed by atoms with E-state index in [1.807, 2.05) is 54.6 Å². The molecule has 1 fully saturated rings. The standard InChI is InChI=1S/C23H20BrNO4/c24-17-10-15(12-25-21(26)18-8-4-5-9-19(18)22(25)27)20-16(11-17)13-28-23(29-20)14-6-2-1-3-7-14/h1-7,10-11,18-19,23H,8-9,12-13H2/t18-,19+,23-/m0/s1. The molecule has 0 N–H and O–H groups in total. The van der Waals surface area contributed by atoms with Crippen molar-refractivity contribution in [3.8, 4) is 5.75 Å². The number of hydrogen-bond acceptors (Lipinski definition) is 4. The van der Waals surface area contributed by atoms with Gasteiger partial charge in [0.2, 0.25) is 18.1 Å². The second-order valence-corrected chi connectivity index (χ2v) is 8.56. The molecule has 2 aromatic carbocycles. The number of fused-ring (bicyclic) bond motifs is 2. The molecule has 2 aliphatic heterocycles. The molecule has 3 aliphatic rings. The lowest BCUT2D eigenvalue weighted by Crippen LogP contribution is -2.31. The van der Waals surface area contributed by atoms with Gasteiger partial charge in [0.15, 0.2) is 0 Å². The molecule has 29 heavy (non-hydrogen) atoms. The molecule has 5 rings (SSSR count). The molecule has 6 heteroatoms. The van der Waals surface area contributed by atoms with Crippen molar-refractivity contribution in [1.82, 2.24) is 4.90 Å². The summed E-state index contributed by atoms with van der Waals surface area (Å²) in [5, 5.41) is 0. The molecule has 0 radical (unpaired) electrons. The quantitative estimate of drug-likeness (QED) is 0.506. The van der Waals surface area contributed by atoms with Crippen molar-refractivity contribution in [3.63, 3.8) is 0 Å². The van der Waals surface area contributed by atoms with Gasteiger partial charge in [0.1, 0.15) is 5.75 Å². The molecule has 148 valence electrons. The van der Waals surface area contributed by atoms with Crippen LogP contribution in [0.25, 0.3) is 0 Å². The Balaban J connectivity index is 1.45. The summed E-state index contributed by atoms with van der Waals surface area (Å²) in [5.74, 6) is 0.0879.